The standard InChI is InChI=1S/C29H45N7O/c1-3-10-22-12-8-15-25(20-22)34-19-17-26(21-24(34)11-4-2)36(23-13-6-5-7-14-23)29(37)35-18-9-16-27(35)28-30-32-33-31-28/h5-7,13-14,22,24-27H,3-4,8-12,15-21H2,1-2H3,(H,30,31,32,33)/t22-,24-,25-,26-,27-/m0/s1. The van der Waals surface area contributed by atoms with E-state index in [2.05, 4.69) is 56.4 Å². The third-order valence-electron chi connectivity index (χ3n) is 9.04. The van der Waals surface area contributed by atoms with Gasteiger partial charge in [0.05, 0.1) is 6.04 Å². The number of nitrogens with one attached hydrogen (secondary N) is 1. The van der Waals surface area contributed by atoms with Crippen molar-refractivity contribution in [2.75, 3.05) is 18.0 Å². The molecule has 1 aromatic heterocycles. The Labute approximate surface area is 222 Å². The van der Waals surface area contributed by atoms with Crippen molar-refractivity contribution in [1.82, 2.24) is 30.4 Å². The molecule has 1 saturated carbocycles. The minimum absolute atomic E-state index is 0.0906. The molecule has 5 atom stereocenters. The molecule has 1 N–H and O–H groups in total. The minimum atomic E-state index is -0.110. The first-order chi connectivity index (χ1) is 18.2. The lowest BCUT2D eigenvalue weighted by atomic mass is 9.80. The van der Waals surface area contributed by atoms with Crippen LogP contribution in [0.5, 0.6) is 0 Å². The Hall–Kier alpha value is -2.48. The number of tetrazole rings is 1. The van der Waals surface area contributed by atoms with Crippen LogP contribution in [0.25, 0.3) is 0 Å². The number of aromatic amines is 1. The Morgan fingerprint density at radius 3 is 2.59 bits per heavy atom. The molecule has 1 aliphatic carbocycles. The number of aromatic nitrogens is 4. The number of nitrogens with zero attached hydrogens (tertiary/aromatic N) is 6. The first-order valence-corrected chi connectivity index (χ1v) is 14.8. The minimum Gasteiger partial charge on any atom is -0.314 e. The summed E-state index contributed by atoms with van der Waals surface area (Å²) >= 11 is 0. The largest absolute Gasteiger partial charge is 0.325 e. The average molecular weight is 508 g/mol. The quantitative estimate of drug-likeness (QED) is 0.477. The third kappa shape index (κ3) is 5.84. The number of anilines is 1. The summed E-state index contributed by atoms with van der Waals surface area (Å²) in [6.07, 6.45) is 14.5. The van der Waals surface area contributed by atoms with Gasteiger partial charge in [-0.1, -0.05) is 69.4 Å². The van der Waals surface area contributed by atoms with E-state index in [0.717, 1.165) is 50.4 Å². The average Bonchev–Trinajstić information content (AvgIpc) is 3.63. The topological polar surface area (TPSA) is 81.2 Å². The fourth-order valence-electron chi connectivity index (χ4n) is 7.39. The normalized spacial score (nSPS) is 28.9. The molecule has 37 heavy (non-hydrogen) atoms. The van der Waals surface area contributed by atoms with E-state index < -0.39 is 0 Å². The summed E-state index contributed by atoms with van der Waals surface area (Å²) in [6.45, 7) is 6.46. The number of hydrogen-bond donors (Lipinski definition) is 1. The first-order valence-electron chi connectivity index (χ1n) is 14.8. The summed E-state index contributed by atoms with van der Waals surface area (Å²) in [6, 6.07) is 11.7. The maximum absolute atomic E-state index is 14.3. The van der Waals surface area contributed by atoms with Crippen LogP contribution in [-0.2, 0) is 0 Å². The molecule has 0 spiro atoms. The van der Waals surface area contributed by atoms with Crippen LogP contribution in [0.15, 0.2) is 30.3 Å². The molecule has 1 aromatic carbocycles. The molecule has 2 aliphatic heterocycles. The predicted molar refractivity (Wildman–Crippen MR) is 146 cm³/mol. The predicted octanol–water partition coefficient (Wildman–Crippen LogP) is 5.96. The highest BCUT2D eigenvalue weighted by Crippen LogP contribution is 2.38. The Morgan fingerprint density at radius 1 is 1.00 bits per heavy atom. The van der Waals surface area contributed by atoms with E-state index in [-0.39, 0.29) is 18.1 Å². The van der Waals surface area contributed by atoms with Crippen molar-refractivity contribution in [3.8, 4) is 0 Å². The number of amides is 2. The number of urea groups is 1. The van der Waals surface area contributed by atoms with E-state index >= 15 is 0 Å². The summed E-state index contributed by atoms with van der Waals surface area (Å²) in [5, 5.41) is 14.8. The van der Waals surface area contributed by atoms with Gasteiger partial charge in [-0.25, -0.2) is 4.79 Å². The van der Waals surface area contributed by atoms with E-state index in [1.54, 1.807) is 0 Å². The molecule has 0 radical (unpaired) electrons. The highest BCUT2D eigenvalue weighted by atomic mass is 16.2. The molecule has 3 fully saturated rings. The summed E-state index contributed by atoms with van der Waals surface area (Å²) in [5.74, 6) is 1.51. The van der Waals surface area contributed by atoms with Gasteiger partial charge in [0.15, 0.2) is 5.82 Å². The second-order valence-electron chi connectivity index (χ2n) is 11.4. The summed E-state index contributed by atoms with van der Waals surface area (Å²) in [7, 11) is 0. The third-order valence-corrected chi connectivity index (χ3v) is 9.04. The fraction of sp³-hybridized carbons (Fsp3) is 0.724. The molecule has 3 heterocycles. The van der Waals surface area contributed by atoms with Crippen LogP contribution in [0.4, 0.5) is 10.5 Å². The van der Waals surface area contributed by atoms with Crippen LogP contribution in [0.3, 0.4) is 0 Å². The van der Waals surface area contributed by atoms with Gasteiger partial charge < -0.3 is 4.90 Å². The number of carbonyl (C=O) groups is 1. The summed E-state index contributed by atoms with van der Waals surface area (Å²) < 4.78 is 0. The van der Waals surface area contributed by atoms with E-state index in [1.807, 2.05) is 23.1 Å². The fourth-order valence-corrected chi connectivity index (χ4v) is 7.39. The molecule has 2 amide bonds. The molecule has 3 aliphatic rings. The molecular weight excluding hydrogens is 462 g/mol. The SMILES string of the molecule is CCC[C@H]1CCC[C@H](N2CC[C@H](N(C(=O)N3CCC[C@H]3c3nn[nH]n3)c3ccccc3)C[C@@H]2CCC)C1. The number of likely N-dealkylation sites (tertiary alicyclic amines) is 2. The zero-order valence-corrected chi connectivity index (χ0v) is 22.8. The highest BCUT2D eigenvalue weighted by molar-refractivity contribution is 5.93. The zero-order valence-electron chi connectivity index (χ0n) is 22.8. The van der Waals surface area contributed by atoms with Gasteiger partial charge in [0.2, 0.25) is 0 Å². The number of carbonyl (C=O) groups excluding carboxylic acids is 1. The van der Waals surface area contributed by atoms with Gasteiger partial charge in [-0.05, 0) is 63.0 Å². The molecule has 2 aromatic rings. The highest BCUT2D eigenvalue weighted by Gasteiger charge is 2.42. The molecule has 0 unspecified atom stereocenters. The van der Waals surface area contributed by atoms with Crippen molar-refractivity contribution in [3.63, 3.8) is 0 Å². The van der Waals surface area contributed by atoms with Gasteiger partial charge in [-0.3, -0.25) is 9.80 Å². The van der Waals surface area contributed by atoms with Gasteiger partial charge in [0.25, 0.3) is 0 Å². The van der Waals surface area contributed by atoms with E-state index in [1.165, 1.54) is 51.4 Å². The maximum atomic E-state index is 14.3. The number of rotatable bonds is 8. The Bertz CT molecular complexity index is 966. The summed E-state index contributed by atoms with van der Waals surface area (Å²) in [5.41, 5.74) is 1.00. The lowest BCUT2D eigenvalue weighted by Gasteiger charge is -2.49. The lowest BCUT2D eigenvalue weighted by molar-refractivity contribution is 0.0451. The molecule has 8 heteroatoms. The van der Waals surface area contributed by atoms with Gasteiger partial charge in [-0.15, -0.1) is 10.2 Å². The molecule has 8 nitrogen and oxygen atoms in total. The maximum Gasteiger partial charge on any atom is 0.325 e. The van der Waals surface area contributed by atoms with E-state index in [4.69, 9.17) is 0 Å². The smallest absolute Gasteiger partial charge is 0.314 e. The number of hydrogen-bond acceptors (Lipinski definition) is 5. The monoisotopic (exact) mass is 507 g/mol. The van der Waals surface area contributed by atoms with Crippen molar-refractivity contribution in [3.05, 3.63) is 36.2 Å². The number of para-hydroxylation sites is 1. The van der Waals surface area contributed by atoms with Crippen LogP contribution in [0, 0.1) is 5.92 Å². The van der Waals surface area contributed by atoms with Gasteiger partial charge in [-0.2, -0.15) is 5.21 Å². The van der Waals surface area contributed by atoms with Crippen molar-refractivity contribution >= 4 is 11.7 Å². The Kier molecular flexibility index (Phi) is 8.74. The molecule has 0 bridgehead atoms. The van der Waals surface area contributed by atoms with Crippen molar-refractivity contribution in [1.29, 1.82) is 0 Å². The van der Waals surface area contributed by atoms with Crippen LogP contribution in [0.2, 0.25) is 0 Å². The van der Waals surface area contributed by atoms with Crippen LogP contribution in [0.1, 0.15) is 103 Å². The molecule has 5 rings (SSSR count). The van der Waals surface area contributed by atoms with Gasteiger partial charge in [0.1, 0.15) is 0 Å². The van der Waals surface area contributed by atoms with Crippen LogP contribution in [-0.4, -0.2) is 67.7 Å². The van der Waals surface area contributed by atoms with E-state index in [9.17, 15) is 4.79 Å². The first kappa shape index (κ1) is 26.1. The lowest BCUT2D eigenvalue weighted by Crippen LogP contribution is -2.57. The second kappa shape index (κ2) is 12.4. The molecular formula is C29H45N7O. The van der Waals surface area contributed by atoms with Crippen molar-refractivity contribution in [2.24, 2.45) is 5.92 Å². The van der Waals surface area contributed by atoms with E-state index in [0.29, 0.717) is 17.9 Å². The Morgan fingerprint density at radius 2 is 1.84 bits per heavy atom. The van der Waals surface area contributed by atoms with Crippen molar-refractivity contribution < 1.29 is 4.79 Å². The zero-order chi connectivity index (χ0) is 25.6. The number of H-pyrrole nitrogens is 1. The second-order valence-corrected chi connectivity index (χ2v) is 11.4. The summed E-state index contributed by atoms with van der Waals surface area (Å²) in [4.78, 5) is 21.2. The van der Waals surface area contributed by atoms with Crippen LogP contribution < -0.4 is 4.90 Å². The number of benzene rings is 1. The van der Waals surface area contributed by atoms with Crippen LogP contribution >= 0.6 is 0 Å². The van der Waals surface area contributed by atoms with Gasteiger partial charge in [0, 0.05) is 36.9 Å². The molecule has 202 valence electrons. The Balaban J connectivity index is 1.37. The molecule has 2 saturated heterocycles. The number of piperidine rings is 1. The van der Waals surface area contributed by atoms with Gasteiger partial charge >= 0.3 is 6.03 Å². The van der Waals surface area contributed by atoms with Crippen molar-refractivity contribution in [2.45, 2.75) is 115 Å².